The van der Waals surface area contributed by atoms with Gasteiger partial charge < -0.3 is 14.2 Å². The molecule has 0 bridgehead atoms. The van der Waals surface area contributed by atoms with Crippen molar-refractivity contribution >= 4 is 61.3 Å². The number of rotatable bonds is 12. The molecule has 0 fully saturated rings. The summed E-state index contributed by atoms with van der Waals surface area (Å²) in [7, 11) is 0. The van der Waals surface area contributed by atoms with Gasteiger partial charge in [0, 0.05) is 34.9 Å². The molecule has 2 aromatic carbocycles. The Kier molecular flexibility index (Phi) is 13.4. The standard InChI is InChI=1S/C15H18BrClN2O.C15H16BrClN2O/c2*1-2-3-4-14-18-15(17)13(10-20)19(14)9-11-5-7-12(16)8-6-11/h5-8,20H,2-4,9-10H2,1H3;5-8,10H,2-4,9H2,1H3. The summed E-state index contributed by atoms with van der Waals surface area (Å²) in [4.78, 5) is 19.9. The Morgan fingerprint density at radius 2 is 1.23 bits per heavy atom. The number of unbranched alkanes of at least 4 members (excludes halogenated alkanes) is 2. The fourth-order valence-corrected chi connectivity index (χ4v) is 5.24. The average Bonchev–Trinajstić information content (AvgIpc) is 3.42. The highest BCUT2D eigenvalue weighted by molar-refractivity contribution is 9.10. The van der Waals surface area contributed by atoms with Crippen molar-refractivity contribution in [3.05, 3.63) is 102 Å². The molecule has 214 valence electrons. The Hall–Kier alpha value is -1.97. The van der Waals surface area contributed by atoms with Gasteiger partial charge in [0.15, 0.2) is 16.6 Å². The molecule has 2 heterocycles. The van der Waals surface area contributed by atoms with Crippen molar-refractivity contribution in [2.75, 3.05) is 0 Å². The van der Waals surface area contributed by atoms with Crippen LogP contribution in [-0.2, 0) is 32.5 Å². The van der Waals surface area contributed by atoms with Gasteiger partial charge in [-0.05, 0) is 48.2 Å². The van der Waals surface area contributed by atoms with Crippen LogP contribution in [0.5, 0.6) is 0 Å². The Morgan fingerprint density at radius 3 is 1.68 bits per heavy atom. The first kappa shape index (κ1) is 32.5. The van der Waals surface area contributed by atoms with E-state index in [1.807, 2.05) is 45.5 Å². The van der Waals surface area contributed by atoms with Crippen LogP contribution in [0.4, 0.5) is 0 Å². The second-order valence-electron chi connectivity index (χ2n) is 9.38. The summed E-state index contributed by atoms with van der Waals surface area (Å²) in [6.07, 6.45) is 6.79. The highest BCUT2D eigenvalue weighted by atomic mass is 79.9. The summed E-state index contributed by atoms with van der Waals surface area (Å²) in [6.45, 7) is 5.48. The minimum absolute atomic E-state index is 0.0888. The van der Waals surface area contributed by atoms with Crippen LogP contribution in [0.15, 0.2) is 57.5 Å². The molecule has 1 N–H and O–H groups in total. The predicted molar refractivity (Wildman–Crippen MR) is 169 cm³/mol. The van der Waals surface area contributed by atoms with E-state index >= 15 is 0 Å². The van der Waals surface area contributed by atoms with E-state index in [2.05, 4.69) is 67.8 Å². The van der Waals surface area contributed by atoms with Crippen LogP contribution < -0.4 is 0 Å². The largest absolute Gasteiger partial charge is 0.390 e. The fourth-order valence-electron chi connectivity index (χ4n) is 4.21. The zero-order chi connectivity index (χ0) is 29.1. The molecule has 0 atom stereocenters. The normalized spacial score (nSPS) is 10.9. The number of hydrogen-bond acceptors (Lipinski definition) is 4. The number of imidazole rings is 2. The third-order valence-electron chi connectivity index (χ3n) is 6.42. The molecular weight excluding hydrogens is 679 g/mol. The minimum Gasteiger partial charge on any atom is -0.390 e. The van der Waals surface area contributed by atoms with Gasteiger partial charge in [-0.2, -0.15) is 0 Å². The molecule has 0 unspecified atom stereocenters. The third-order valence-corrected chi connectivity index (χ3v) is 8.06. The molecule has 0 saturated heterocycles. The Bertz CT molecular complexity index is 1370. The topological polar surface area (TPSA) is 72.9 Å². The number of aliphatic hydroxyl groups excluding tert-OH is 1. The van der Waals surface area contributed by atoms with Crippen LogP contribution in [0.25, 0.3) is 0 Å². The summed E-state index contributed by atoms with van der Waals surface area (Å²) in [6, 6.07) is 16.2. The van der Waals surface area contributed by atoms with Crippen LogP contribution in [0.3, 0.4) is 0 Å². The number of aryl methyl sites for hydroxylation is 2. The van der Waals surface area contributed by atoms with Gasteiger partial charge >= 0.3 is 0 Å². The molecule has 40 heavy (non-hydrogen) atoms. The lowest BCUT2D eigenvalue weighted by Gasteiger charge is -2.11. The SMILES string of the molecule is CCCCc1nc(Cl)c(C=O)n1Cc1ccc(Br)cc1.CCCCc1nc(Cl)c(CO)n1Cc1ccc(Br)cc1. The van der Waals surface area contributed by atoms with Crippen molar-refractivity contribution < 1.29 is 9.90 Å². The van der Waals surface area contributed by atoms with Gasteiger partial charge in [0.1, 0.15) is 17.3 Å². The van der Waals surface area contributed by atoms with Crippen LogP contribution in [0.1, 0.15) is 78.5 Å². The lowest BCUT2D eigenvalue weighted by Crippen LogP contribution is -2.09. The third kappa shape index (κ3) is 9.02. The van der Waals surface area contributed by atoms with Crippen LogP contribution in [0.2, 0.25) is 10.3 Å². The molecule has 0 amide bonds. The van der Waals surface area contributed by atoms with E-state index < -0.39 is 0 Å². The van der Waals surface area contributed by atoms with Crippen molar-refractivity contribution in [3.8, 4) is 0 Å². The molecule has 4 rings (SSSR count). The highest BCUT2D eigenvalue weighted by Crippen LogP contribution is 2.22. The van der Waals surface area contributed by atoms with Crippen LogP contribution in [-0.4, -0.2) is 30.5 Å². The van der Waals surface area contributed by atoms with Gasteiger partial charge in [0.2, 0.25) is 0 Å². The number of halogens is 4. The van der Waals surface area contributed by atoms with Gasteiger partial charge in [-0.1, -0.05) is 106 Å². The lowest BCUT2D eigenvalue weighted by atomic mass is 10.2. The summed E-state index contributed by atoms with van der Waals surface area (Å²) >= 11 is 19.0. The molecule has 2 aromatic heterocycles. The molecule has 6 nitrogen and oxygen atoms in total. The molecule has 10 heteroatoms. The van der Waals surface area contributed by atoms with E-state index in [4.69, 9.17) is 23.2 Å². The molecule has 0 radical (unpaired) electrons. The van der Waals surface area contributed by atoms with Gasteiger partial charge in [-0.25, -0.2) is 9.97 Å². The number of carbonyl (C=O) groups is 1. The zero-order valence-electron chi connectivity index (χ0n) is 22.7. The highest BCUT2D eigenvalue weighted by Gasteiger charge is 2.16. The smallest absolute Gasteiger partial charge is 0.169 e. The predicted octanol–water partition coefficient (Wildman–Crippen LogP) is 8.68. The molecule has 0 aliphatic carbocycles. The maximum Gasteiger partial charge on any atom is 0.169 e. The fraction of sp³-hybridized carbons (Fsp3) is 0.367. The number of carbonyl (C=O) groups excluding carboxylic acids is 1. The Labute approximate surface area is 263 Å². The molecule has 0 spiro atoms. The van der Waals surface area contributed by atoms with Gasteiger partial charge in [-0.3, -0.25) is 4.79 Å². The van der Waals surface area contributed by atoms with Crippen molar-refractivity contribution in [3.63, 3.8) is 0 Å². The van der Waals surface area contributed by atoms with Crippen LogP contribution >= 0.6 is 55.1 Å². The number of benzene rings is 2. The van der Waals surface area contributed by atoms with Gasteiger partial charge in [0.25, 0.3) is 0 Å². The van der Waals surface area contributed by atoms with Gasteiger partial charge in [-0.15, -0.1) is 0 Å². The Balaban J connectivity index is 0.000000220. The van der Waals surface area contributed by atoms with Gasteiger partial charge in [0.05, 0.1) is 12.3 Å². The van der Waals surface area contributed by atoms with E-state index in [0.29, 0.717) is 34.8 Å². The van der Waals surface area contributed by atoms with E-state index in [-0.39, 0.29) is 6.61 Å². The second-order valence-corrected chi connectivity index (χ2v) is 11.9. The van der Waals surface area contributed by atoms with E-state index in [1.54, 1.807) is 0 Å². The maximum absolute atomic E-state index is 11.2. The molecule has 0 aliphatic rings. The first-order chi connectivity index (χ1) is 19.3. The van der Waals surface area contributed by atoms with Crippen LogP contribution in [0, 0.1) is 0 Å². The molecule has 0 saturated carbocycles. The molecule has 0 aliphatic heterocycles. The minimum atomic E-state index is -0.0888. The number of hydrogen-bond donors (Lipinski definition) is 1. The second kappa shape index (κ2) is 16.5. The van der Waals surface area contributed by atoms with E-state index in [9.17, 15) is 9.90 Å². The van der Waals surface area contributed by atoms with Crippen molar-refractivity contribution in [2.45, 2.75) is 72.1 Å². The number of aliphatic hydroxyl groups is 1. The average molecular weight is 713 g/mol. The summed E-state index contributed by atoms with van der Waals surface area (Å²) < 4.78 is 6.03. The van der Waals surface area contributed by atoms with Crippen molar-refractivity contribution in [2.24, 2.45) is 0 Å². The number of aromatic nitrogens is 4. The molecule has 4 aromatic rings. The first-order valence-corrected chi connectivity index (χ1v) is 15.7. The summed E-state index contributed by atoms with van der Waals surface area (Å²) in [5.74, 6) is 1.82. The van der Waals surface area contributed by atoms with Crippen molar-refractivity contribution in [1.29, 1.82) is 0 Å². The molecular formula is C30H34Br2Cl2N4O2. The zero-order valence-corrected chi connectivity index (χ0v) is 27.4. The summed E-state index contributed by atoms with van der Waals surface area (Å²) in [5, 5.41) is 10.2. The van der Waals surface area contributed by atoms with Crippen molar-refractivity contribution in [1.82, 2.24) is 19.1 Å². The first-order valence-electron chi connectivity index (χ1n) is 13.3. The number of nitrogens with zero attached hydrogens (tertiary/aromatic N) is 4. The lowest BCUT2D eigenvalue weighted by molar-refractivity contribution is 0.111. The van der Waals surface area contributed by atoms with E-state index in [1.165, 1.54) is 0 Å². The number of aldehydes is 1. The Morgan fingerprint density at radius 1 is 0.775 bits per heavy atom. The van der Waals surface area contributed by atoms with E-state index in [0.717, 1.165) is 76.5 Å². The quantitative estimate of drug-likeness (QED) is 0.149. The maximum atomic E-state index is 11.2. The summed E-state index contributed by atoms with van der Waals surface area (Å²) in [5.41, 5.74) is 3.43. The monoisotopic (exact) mass is 710 g/mol.